The molecule has 0 bridgehead atoms. The fraction of sp³-hybridized carbons (Fsp3) is 0.565. The van der Waals surface area contributed by atoms with E-state index in [0.29, 0.717) is 18.3 Å². The number of H-pyrrole nitrogens is 1. The fourth-order valence-electron chi connectivity index (χ4n) is 3.90. The maximum atomic E-state index is 12.3. The molecular formula is C23H32N4O2. The normalized spacial score (nSPS) is 19.8. The highest BCUT2D eigenvalue weighted by atomic mass is 16.5. The number of anilines is 1. The molecule has 1 aliphatic heterocycles. The topological polar surface area (TPSA) is 70.2 Å². The summed E-state index contributed by atoms with van der Waals surface area (Å²) in [7, 11) is 0. The summed E-state index contributed by atoms with van der Waals surface area (Å²) in [6.45, 7) is 5.26. The quantitative estimate of drug-likeness (QED) is 0.657. The second-order valence-electron chi connectivity index (χ2n) is 8.48. The SMILES string of the molecule is CC1CCCCN1CCCC(=O)Nc1cc(-c2ccc(OCC3CC3)cc2)n[nH]1. The molecule has 4 rings (SSSR count). The number of aromatic amines is 1. The van der Waals surface area contributed by atoms with Crippen LogP contribution in [0.1, 0.15) is 51.9 Å². The molecule has 1 aliphatic carbocycles. The molecule has 2 heterocycles. The highest BCUT2D eigenvalue weighted by Gasteiger charge is 2.22. The number of likely N-dealkylation sites (tertiary alicyclic amines) is 1. The van der Waals surface area contributed by atoms with Crippen LogP contribution in [-0.2, 0) is 4.79 Å². The lowest BCUT2D eigenvalue weighted by Gasteiger charge is -2.33. The second kappa shape index (κ2) is 9.44. The second-order valence-corrected chi connectivity index (χ2v) is 8.48. The van der Waals surface area contributed by atoms with Gasteiger partial charge in [0, 0.05) is 24.1 Å². The molecule has 6 heteroatoms. The molecule has 0 spiro atoms. The van der Waals surface area contributed by atoms with Gasteiger partial charge in [0.25, 0.3) is 0 Å². The van der Waals surface area contributed by atoms with Gasteiger partial charge < -0.3 is 15.0 Å². The van der Waals surface area contributed by atoms with Crippen molar-refractivity contribution >= 4 is 11.7 Å². The molecule has 1 saturated carbocycles. The Morgan fingerprint density at radius 3 is 2.83 bits per heavy atom. The average molecular weight is 397 g/mol. The van der Waals surface area contributed by atoms with Crippen LogP contribution in [-0.4, -0.2) is 46.7 Å². The van der Waals surface area contributed by atoms with Gasteiger partial charge in [-0.15, -0.1) is 0 Å². The van der Waals surface area contributed by atoms with Crippen LogP contribution in [0.25, 0.3) is 11.3 Å². The summed E-state index contributed by atoms with van der Waals surface area (Å²) in [5.41, 5.74) is 1.82. The number of ether oxygens (including phenoxy) is 1. The van der Waals surface area contributed by atoms with Gasteiger partial charge in [0.15, 0.2) is 0 Å². The van der Waals surface area contributed by atoms with Crippen LogP contribution in [0.2, 0.25) is 0 Å². The highest BCUT2D eigenvalue weighted by molar-refractivity contribution is 5.90. The molecular weight excluding hydrogens is 364 g/mol. The molecule has 29 heavy (non-hydrogen) atoms. The molecule has 2 aliphatic rings. The zero-order chi connectivity index (χ0) is 20.1. The molecule has 2 fully saturated rings. The van der Waals surface area contributed by atoms with Crippen LogP contribution in [0.3, 0.4) is 0 Å². The Labute approximate surface area is 173 Å². The molecule has 0 radical (unpaired) electrons. The van der Waals surface area contributed by atoms with Gasteiger partial charge in [-0.1, -0.05) is 6.42 Å². The summed E-state index contributed by atoms with van der Waals surface area (Å²) in [5, 5.41) is 10.2. The molecule has 2 N–H and O–H groups in total. The number of carbonyl (C=O) groups is 1. The molecule has 156 valence electrons. The lowest BCUT2D eigenvalue weighted by Crippen LogP contribution is -2.38. The van der Waals surface area contributed by atoms with Gasteiger partial charge in [0.05, 0.1) is 12.3 Å². The molecule has 1 aromatic heterocycles. The van der Waals surface area contributed by atoms with Gasteiger partial charge >= 0.3 is 0 Å². The Balaban J connectivity index is 1.22. The molecule has 1 amide bonds. The van der Waals surface area contributed by atoms with Crippen LogP contribution >= 0.6 is 0 Å². The summed E-state index contributed by atoms with van der Waals surface area (Å²) < 4.78 is 5.78. The van der Waals surface area contributed by atoms with Crippen molar-refractivity contribution in [2.45, 2.75) is 57.9 Å². The molecule has 1 saturated heterocycles. The van der Waals surface area contributed by atoms with Gasteiger partial charge in [0.1, 0.15) is 11.6 Å². The zero-order valence-electron chi connectivity index (χ0n) is 17.3. The minimum atomic E-state index is 0.0358. The van der Waals surface area contributed by atoms with Crippen molar-refractivity contribution in [3.63, 3.8) is 0 Å². The first kappa shape index (κ1) is 20.0. The average Bonchev–Trinajstić information content (AvgIpc) is 3.45. The van der Waals surface area contributed by atoms with Gasteiger partial charge in [-0.05, 0) is 82.3 Å². The van der Waals surface area contributed by atoms with Gasteiger partial charge in [-0.25, -0.2) is 0 Å². The van der Waals surface area contributed by atoms with E-state index < -0.39 is 0 Å². The van der Waals surface area contributed by atoms with Crippen LogP contribution < -0.4 is 10.1 Å². The number of rotatable bonds is 9. The largest absolute Gasteiger partial charge is 0.493 e. The van der Waals surface area contributed by atoms with Crippen molar-refractivity contribution in [1.29, 1.82) is 0 Å². The smallest absolute Gasteiger partial charge is 0.225 e. The van der Waals surface area contributed by atoms with Gasteiger partial charge in [-0.2, -0.15) is 5.10 Å². The van der Waals surface area contributed by atoms with E-state index in [2.05, 4.69) is 27.3 Å². The lowest BCUT2D eigenvalue weighted by atomic mass is 10.0. The van der Waals surface area contributed by atoms with Crippen molar-refractivity contribution in [2.75, 3.05) is 25.0 Å². The van der Waals surface area contributed by atoms with Crippen LogP contribution in [0.15, 0.2) is 30.3 Å². The lowest BCUT2D eigenvalue weighted by molar-refractivity contribution is -0.116. The van der Waals surface area contributed by atoms with Crippen molar-refractivity contribution in [2.24, 2.45) is 5.92 Å². The van der Waals surface area contributed by atoms with Crippen molar-refractivity contribution in [1.82, 2.24) is 15.1 Å². The number of piperidine rings is 1. The number of carbonyl (C=O) groups excluding carboxylic acids is 1. The minimum Gasteiger partial charge on any atom is -0.493 e. The van der Waals surface area contributed by atoms with Crippen molar-refractivity contribution in [3.05, 3.63) is 30.3 Å². The molecule has 1 aromatic carbocycles. The third-order valence-electron chi connectivity index (χ3n) is 5.97. The number of nitrogens with zero attached hydrogens (tertiary/aromatic N) is 2. The number of amides is 1. The predicted molar refractivity (Wildman–Crippen MR) is 115 cm³/mol. The zero-order valence-corrected chi connectivity index (χ0v) is 17.3. The Kier molecular flexibility index (Phi) is 6.49. The van der Waals surface area contributed by atoms with Crippen molar-refractivity contribution < 1.29 is 9.53 Å². The predicted octanol–water partition coefficient (Wildman–Crippen LogP) is 4.46. The summed E-state index contributed by atoms with van der Waals surface area (Å²) >= 11 is 0. The summed E-state index contributed by atoms with van der Waals surface area (Å²) in [6, 6.07) is 10.5. The third-order valence-corrected chi connectivity index (χ3v) is 5.97. The standard InChI is InChI=1S/C23H32N4O2/c1-17-5-2-3-13-27(17)14-4-6-23(28)24-22-15-21(25-26-22)19-9-11-20(12-10-19)29-16-18-7-8-18/h9-12,15,17-18H,2-8,13-14,16H2,1H3,(H2,24,25,26,28). The summed E-state index contributed by atoms with van der Waals surface area (Å²) in [4.78, 5) is 14.8. The first-order valence-corrected chi connectivity index (χ1v) is 11.0. The number of benzene rings is 1. The summed E-state index contributed by atoms with van der Waals surface area (Å²) in [6.07, 6.45) is 7.88. The highest BCUT2D eigenvalue weighted by Crippen LogP contribution is 2.30. The maximum Gasteiger partial charge on any atom is 0.225 e. The molecule has 1 unspecified atom stereocenters. The Hall–Kier alpha value is -2.34. The monoisotopic (exact) mass is 396 g/mol. The Morgan fingerprint density at radius 1 is 1.24 bits per heavy atom. The Morgan fingerprint density at radius 2 is 2.07 bits per heavy atom. The first-order chi connectivity index (χ1) is 14.2. The van der Waals surface area contributed by atoms with E-state index in [4.69, 9.17) is 4.74 Å². The van der Waals surface area contributed by atoms with Crippen LogP contribution in [0.5, 0.6) is 5.75 Å². The molecule has 1 atom stereocenters. The number of hydrogen-bond donors (Lipinski definition) is 2. The first-order valence-electron chi connectivity index (χ1n) is 11.0. The van der Waals surface area contributed by atoms with E-state index in [-0.39, 0.29) is 5.91 Å². The Bertz CT molecular complexity index is 797. The van der Waals surface area contributed by atoms with Gasteiger partial charge in [0.2, 0.25) is 5.91 Å². The van der Waals surface area contributed by atoms with Crippen molar-refractivity contribution in [3.8, 4) is 17.0 Å². The number of aromatic nitrogens is 2. The van der Waals surface area contributed by atoms with E-state index in [9.17, 15) is 4.79 Å². The third kappa shape index (κ3) is 5.82. The molecule has 2 aromatic rings. The maximum absolute atomic E-state index is 12.3. The van der Waals surface area contributed by atoms with E-state index in [1.165, 1.54) is 32.1 Å². The van der Waals surface area contributed by atoms with Gasteiger partial charge in [-0.3, -0.25) is 9.89 Å². The minimum absolute atomic E-state index is 0.0358. The van der Waals surface area contributed by atoms with Crippen LogP contribution in [0.4, 0.5) is 5.82 Å². The van der Waals surface area contributed by atoms with E-state index >= 15 is 0 Å². The molecule has 6 nitrogen and oxygen atoms in total. The van der Waals surface area contributed by atoms with E-state index in [1.54, 1.807) is 0 Å². The van der Waals surface area contributed by atoms with E-state index in [0.717, 1.165) is 49.0 Å². The van der Waals surface area contributed by atoms with E-state index in [1.807, 2.05) is 30.3 Å². The number of nitrogens with one attached hydrogen (secondary N) is 2. The summed E-state index contributed by atoms with van der Waals surface area (Å²) in [5.74, 6) is 2.32. The number of hydrogen-bond acceptors (Lipinski definition) is 4. The fourth-order valence-corrected chi connectivity index (χ4v) is 3.90. The van der Waals surface area contributed by atoms with Crippen LogP contribution in [0, 0.1) is 5.92 Å².